The molecule has 3 fully saturated rings. The molecular weight excluding hydrogens is 541 g/mol. The minimum absolute atomic E-state index is 0.0504. The summed E-state index contributed by atoms with van der Waals surface area (Å²) in [5.41, 5.74) is 4.25. The van der Waals surface area contributed by atoms with Gasteiger partial charge in [-0.25, -0.2) is 9.07 Å². The van der Waals surface area contributed by atoms with Crippen molar-refractivity contribution < 1.29 is 4.39 Å². The molecule has 3 saturated carbocycles. The van der Waals surface area contributed by atoms with Crippen LogP contribution in [0.3, 0.4) is 0 Å². The van der Waals surface area contributed by atoms with E-state index in [0.29, 0.717) is 51.0 Å². The van der Waals surface area contributed by atoms with E-state index in [9.17, 15) is 14.9 Å². The van der Waals surface area contributed by atoms with Crippen molar-refractivity contribution in [3.05, 3.63) is 83.2 Å². The summed E-state index contributed by atoms with van der Waals surface area (Å²) in [6, 6.07) is 14.4. The molecule has 3 aromatic heterocycles. The van der Waals surface area contributed by atoms with Gasteiger partial charge in [-0.2, -0.15) is 10.5 Å². The maximum atomic E-state index is 14.8. The first kappa shape index (κ1) is 26.8. The van der Waals surface area contributed by atoms with Crippen LogP contribution in [0.2, 0.25) is 0 Å². The van der Waals surface area contributed by atoms with Crippen LogP contribution in [0.4, 0.5) is 15.8 Å². The molecule has 2 bridgehead atoms. The zero-order valence-corrected chi connectivity index (χ0v) is 24.2. The first-order valence-corrected chi connectivity index (χ1v) is 14.4. The lowest BCUT2D eigenvalue weighted by atomic mass is 9.50. The molecule has 0 aliphatic heterocycles. The maximum absolute atomic E-state index is 14.8. The summed E-state index contributed by atoms with van der Waals surface area (Å²) in [4.78, 5) is 8.78. The molecule has 10 heteroatoms. The van der Waals surface area contributed by atoms with Crippen molar-refractivity contribution >= 4 is 33.2 Å². The van der Waals surface area contributed by atoms with Gasteiger partial charge in [0.1, 0.15) is 29.2 Å². The monoisotopic (exact) mass is 571 g/mol. The number of anilines is 2. The van der Waals surface area contributed by atoms with E-state index in [4.69, 9.17) is 0 Å². The number of halogens is 1. The minimum atomic E-state index is -0.532. The van der Waals surface area contributed by atoms with Gasteiger partial charge in [0.15, 0.2) is 0 Å². The second-order valence-electron chi connectivity index (χ2n) is 13.0. The molecule has 0 spiro atoms. The number of pyridine rings is 2. The van der Waals surface area contributed by atoms with Crippen LogP contribution in [0, 0.1) is 39.8 Å². The van der Waals surface area contributed by atoms with E-state index >= 15 is 0 Å². The normalized spacial score (nSPS) is 19.6. The van der Waals surface area contributed by atoms with Crippen LogP contribution in [0.25, 0.3) is 21.8 Å². The van der Waals surface area contributed by atoms with E-state index in [-0.39, 0.29) is 16.5 Å². The number of fused-ring (bicyclic) bond motifs is 2. The van der Waals surface area contributed by atoms with Crippen molar-refractivity contribution in [2.75, 3.05) is 17.2 Å². The third-order valence-electron chi connectivity index (χ3n) is 8.68. The molecule has 3 aliphatic carbocycles. The van der Waals surface area contributed by atoms with Crippen LogP contribution < -0.4 is 10.6 Å². The molecule has 0 unspecified atom stereocenters. The molecule has 1 atom stereocenters. The Hall–Kier alpha value is -5.09. The van der Waals surface area contributed by atoms with Crippen LogP contribution in [0.5, 0.6) is 0 Å². The Morgan fingerprint density at radius 1 is 1.05 bits per heavy atom. The molecule has 3 heterocycles. The summed E-state index contributed by atoms with van der Waals surface area (Å²) in [5.74, 6) is 0.376. The number of aromatic nitrogens is 5. The van der Waals surface area contributed by atoms with Gasteiger partial charge in [-0.1, -0.05) is 38.1 Å². The zero-order valence-electron chi connectivity index (χ0n) is 24.2. The molecule has 2 aromatic carbocycles. The second-order valence-corrected chi connectivity index (χ2v) is 13.0. The molecule has 9 nitrogen and oxygen atoms in total. The summed E-state index contributed by atoms with van der Waals surface area (Å²) < 4.78 is 16.8. The fourth-order valence-corrected chi connectivity index (χ4v) is 6.34. The maximum Gasteiger partial charge on any atom is 0.149 e. The molecule has 0 amide bonds. The molecule has 2 N–H and O–H groups in total. The summed E-state index contributed by atoms with van der Waals surface area (Å²) in [5, 5.41) is 37.5. The van der Waals surface area contributed by atoms with Gasteiger partial charge in [-0.05, 0) is 60.4 Å². The molecule has 3 aliphatic rings. The Balaban J connectivity index is 1.37. The third kappa shape index (κ3) is 4.51. The van der Waals surface area contributed by atoms with Crippen molar-refractivity contribution in [1.29, 1.82) is 10.5 Å². The average Bonchev–Trinajstić information content (AvgIpc) is 3.42. The quantitative estimate of drug-likeness (QED) is 0.229. The highest BCUT2D eigenvalue weighted by molar-refractivity contribution is 5.99. The van der Waals surface area contributed by atoms with E-state index in [0.717, 1.165) is 30.7 Å². The lowest BCUT2D eigenvalue weighted by Gasteiger charge is -2.61. The molecular formula is C33H30FN9. The average molecular weight is 572 g/mol. The Morgan fingerprint density at radius 2 is 1.84 bits per heavy atom. The van der Waals surface area contributed by atoms with Crippen LogP contribution in [-0.4, -0.2) is 31.5 Å². The Labute approximate surface area is 248 Å². The highest BCUT2D eigenvalue weighted by Crippen LogP contribution is 2.62. The first-order chi connectivity index (χ1) is 20.7. The Bertz CT molecular complexity index is 1980. The number of benzene rings is 2. The van der Waals surface area contributed by atoms with Crippen molar-refractivity contribution in [2.24, 2.45) is 11.3 Å². The first-order valence-electron chi connectivity index (χ1n) is 14.4. The van der Waals surface area contributed by atoms with Gasteiger partial charge in [0.05, 0.1) is 40.1 Å². The van der Waals surface area contributed by atoms with Gasteiger partial charge in [0.2, 0.25) is 0 Å². The summed E-state index contributed by atoms with van der Waals surface area (Å²) >= 11 is 0. The largest absolute Gasteiger partial charge is 0.383 e. The molecule has 0 saturated heterocycles. The predicted octanol–water partition coefficient (Wildman–Crippen LogP) is 6.43. The molecule has 0 radical (unpaired) electrons. The van der Waals surface area contributed by atoms with Gasteiger partial charge in [0, 0.05) is 35.4 Å². The van der Waals surface area contributed by atoms with Crippen molar-refractivity contribution in [1.82, 2.24) is 25.0 Å². The van der Waals surface area contributed by atoms with Gasteiger partial charge >= 0.3 is 0 Å². The smallest absolute Gasteiger partial charge is 0.149 e. The fraction of sp³-hybridized carbons (Fsp3) is 0.333. The molecule has 43 heavy (non-hydrogen) atoms. The van der Waals surface area contributed by atoms with Crippen molar-refractivity contribution in [3.63, 3.8) is 0 Å². The number of nitrogens with zero attached hydrogens (tertiary/aromatic N) is 7. The highest BCUT2D eigenvalue weighted by Gasteiger charge is 2.59. The van der Waals surface area contributed by atoms with Gasteiger partial charge in [-0.15, -0.1) is 5.10 Å². The molecule has 5 aromatic rings. The number of hydrogen-bond acceptors (Lipinski definition) is 8. The summed E-state index contributed by atoms with van der Waals surface area (Å²) in [6.07, 6.45) is 8.41. The number of nitriles is 2. The Morgan fingerprint density at radius 3 is 2.53 bits per heavy atom. The van der Waals surface area contributed by atoms with Crippen LogP contribution in [-0.2, 0) is 5.54 Å². The van der Waals surface area contributed by atoms with Crippen LogP contribution in [0.15, 0.2) is 55.0 Å². The van der Waals surface area contributed by atoms with Crippen molar-refractivity contribution in [3.8, 4) is 12.1 Å². The molecule has 8 rings (SSSR count). The summed E-state index contributed by atoms with van der Waals surface area (Å²) in [6.45, 7) is 6.93. The van der Waals surface area contributed by atoms with E-state index in [2.05, 4.69) is 63.8 Å². The third-order valence-corrected chi connectivity index (χ3v) is 8.68. The summed E-state index contributed by atoms with van der Waals surface area (Å²) in [7, 11) is 0. The van der Waals surface area contributed by atoms with Crippen LogP contribution >= 0.6 is 0 Å². The fourth-order valence-electron chi connectivity index (χ4n) is 6.34. The van der Waals surface area contributed by atoms with E-state index in [1.807, 2.05) is 23.0 Å². The number of hydrogen-bond donors (Lipinski definition) is 2. The van der Waals surface area contributed by atoms with Gasteiger partial charge < -0.3 is 10.6 Å². The SMILES string of the molecule is CC(C)(C)CNc1c(C#N)cnc2c(C#N)cc(N[C@H](c3cn(C45CC(C4)C5)nn3)c3ccc(F)c4ncccc34)cc12. The van der Waals surface area contributed by atoms with E-state index < -0.39 is 11.9 Å². The molecule has 214 valence electrons. The topological polar surface area (TPSA) is 128 Å². The minimum Gasteiger partial charge on any atom is -0.383 e. The number of nitrogens with one attached hydrogen (secondary N) is 2. The van der Waals surface area contributed by atoms with Crippen molar-refractivity contribution in [2.45, 2.75) is 51.6 Å². The number of rotatable bonds is 7. The van der Waals surface area contributed by atoms with E-state index in [1.54, 1.807) is 24.4 Å². The zero-order chi connectivity index (χ0) is 29.9. The van der Waals surface area contributed by atoms with E-state index in [1.165, 1.54) is 12.3 Å². The van der Waals surface area contributed by atoms with Gasteiger partial charge in [-0.3, -0.25) is 9.97 Å². The highest BCUT2D eigenvalue weighted by atomic mass is 19.1. The van der Waals surface area contributed by atoms with Crippen LogP contribution in [0.1, 0.15) is 68.5 Å². The predicted molar refractivity (Wildman–Crippen MR) is 162 cm³/mol. The lowest BCUT2D eigenvalue weighted by molar-refractivity contribution is -0.0989. The Kier molecular flexibility index (Phi) is 6.07. The lowest BCUT2D eigenvalue weighted by Crippen LogP contribution is -2.59. The van der Waals surface area contributed by atoms with Gasteiger partial charge in [0.25, 0.3) is 0 Å². The standard InChI is InChI=1S/C33H30FN9/c1-32(2,3)18-39-29-21(15-36)16-38-28-20(14-35)9-22(10-25(28)29)40-31(24-6-7-26(34)30-23(24)5-4-8-37-30)27-17-43(42-41-27)33-11-19(12-33)13-33/h4-10,16-17,19,31,40H,11-13,18H2,1-3H3,(H,38,39)/t19?,31-,33?/m0/s1. The second kappa shape index (κ2) is 9.74.